The normalized spacial score (nSPS) is 10.7. The SMILES string of the molecule is CNCc1cc(F)cc(CCNCc2cccc(OC)c2)c1. The number of ether oxygens (including phenoxy) is 1. The lowest BCUT2D eigenvalue weighted by Gasteiger charge is -2.08. The molecule has 0 saturated heterocycles. The van der Waals surface area contributed by atoms with E-state index >= 15 is 0 Å². The first-order valence-electron chi connectivity index (χ1n) is 7.48. The van der Waals surface area contributed by atoms with E-state index in [1.807, 2.05) is 31.3 Å². The van der Waals surface area contributed by atoms with Crippen molar-refractivity contribution in [2.75, 3.05) is 20.7 Å². The lowest BCUT2D eigenvalue weighted by molar-refractivity contribution is 0.414. The Morgan fingerprint density at radius 3 is 2.59 bits per heavy atom. The highest BCUT2D eigenvalue weighted by Gasteiger charge is 2.01. The number of hydrogen-bond donors (Lipinski definition) is 2. The van der Waals surface area contributed by atoms with Crippen LogP contribution in [0.1, 0.15) is 16.7 Å². The molecule has 0 atom stereocenters. The van der Waals surface area contributed by atoms with E-state index in [-0.39, 0.29) is 5.82 Å². The van der Waals surface area contributed by atoms with Crippen molar-refractivity contribution in [3.63, 3.8) is 0 Å². The van der Waals surface area contributed by atoms with Crippen molar-refractivity contribution in [1.29, 1.82) is 0 Å². The summed E-state index contributed by atoms with van der Waals surface area (Å²) in [5.74, 6) is 0.691. The van der Waals surface area contributed by atoms with Gasteiger partial charge >= 0.3 is 0 Å². The van der Waals surface area contributed by atoms with Crippen LogP contribution in [0, 0.1) is 5.82 Å². The first kappa shape index (κ1) is 16.5. The van der Waals surface area contributed by atoms with Gasteiger partial charge < -0.3 is 15.4 Å². The molecule has 0 radical (unpaired) electrons. The Kier molecular flexibility index (Phi) is 6.37. The quantitative estimate of drug-likeness (QED) is 0.736. The molecule has 3 nitrogen and oxygen atoms in total. The summed E-state index contributed by atoms with van der Waals surface area (Å²) < 4.78 is 18.8. The van der Waals surface area contributed by atoms with Crippen LogP contribution in [0.25, 0.3) is 0 Å². The molecule has 0 spiro atoms. The van der Waals surface area contributed by atoms with E-state index in [0.717, 1.165) is 36.4 Å². The summed E-state index contributed by atoms with van der Waals surface area (Å²) in [7, 11) is 3.53. The maximum absolute atomic E-state index is 13.5. The van der Waals surface area contributed by atoms with Crippen molar-refractivity contribution in [1.82, 2.24) is 10.6 Å². The minimum atomic E-state index is -0.171. The maximum Gasteiger partial charge on any atom is 0.123 e. The molecule has 0 amide bonds. The van der Waals surface area contributed by atoms with Crippen LogP contribution in [-0.2, 0) is 19.5 Å². The van der Waals surface area contributed by atoms with Crippen molar-refractivity contribution < 1.29 is 9.13 Å². The van der Waals surface area contributed by atoms with E-state index in [0.29, 0.717) is 6.54 Å². The number of methoxy groups -OCH3 is 1. The molecule has 0 bridgehead atoms. The molecule has 22 heavy (non-hydrogen) atoms. The zero-order valence-electron chi connectivity index (χ0n) is 13.2. The third-order valence-electron chi connectivity index (χ3n) is 3.45. The molecular formula is C18H23FN2O. The fraction of sp³-hybridized carbons (Fsp3) is 0.333. The molecule has 0 aliphatic rings. The Labute approximate surface area is 131 Å². The van der Waals surface area contributed by atoms with Gasteiger partial charge in [0.05, 0.1) is 7.11 Å². The van der Waals surface area contributed by atoms with Crippen molar-refractivity contribution in [2.45, 2.75) is 19.5 Å². The molecule has 0 saturated carbocycles. The molecule has 2 rings (SSSR count). The van der Waals surface area contributed by atoms with Gasteiger partial charge in [0.25, 0.3) is 0 Å². The average Bonchev–Trinajstić information content (AvgIpc) is 2.52. The summed E-state index contributed by atoms with van der Waals surface area (Å²) in [5, 5.41) is 6.42. The molecule has 2 aromatic carbocycles. The number of hydrogen-bond acceptors (Lipinski definition) is 3. The van der Waals surface area contributed by atoms with Crippen LogP contribution in [0.15, 0.2) is 42.5 Å². The van der Waals surface area contributed by atoms with Crippen molar-refractivity contribution in [3.8, 4) is 5.75 Å². The third-order valence-corrected chi connectivity index (χ3v) is 3.45. The minimum absolute atomic E-state index is 0.171. The number of halogens is 1. The van der Waals surface area contributed by atoms with Gasteiger partial charge in [-0.25, -0.2) is 4.39 Å². The van der Waals surface area contributed by atoms with Gasteiger partial charge in [-0.15, -0.1) is 0 Å². The molecule has 0 aliphatic carbocycles. The highest BCUT2D eigenvalue weighted by molar-refractivity contribution is 5.28. The predicted molar refractivity (Wildman–Crippen MR) is 87.6 cm³/mol. The van der Waals surface area contributed by atoms with E-state index in [2.05, 4.69) is 16.7 Å². The van der Waals surface area contributed by atoms with Gasteiger partial charge in [-0.3, -0.25) is 0 Å². The van der Waals surface area contributed by atoms with Crippen molar-refractivity contribution >= 4 is 0 Å². The second kappa shape index (κ2) is 8.51. The van der Waals surface area contributed by atoms with Crippen LogP contribution in [0.3, 0.4) is 0 Å². The number of rotatable bonds is 8. The molecule has 2 N–H and O–H groups in total. The van der Waals surface area contributed by atoms with Crippen LogP contribution in [0.2, 0.25) is 0 Å². The lowest BCUT2D eigenvalue weighted by atomic mass is 10.1. The fourth-order valence-electron chi connectivity index (χ4n) is 2.42. The Morgan fingerprint density at radius 2 is 1.82 bits per heavy atom. The molecule has 0 heterocycles. The van der Waals surface area contributed by atoms with Gasteiger partial charge in [-0.1, -0.05) is 18.2 Å². The average molecular weight is 302 g/mol. The summed E-state index contributed by atoms with van der Waals surface area (Å²) in [6, 6.07) is 13.2. The second-order valence-corrected chi connectivity index (χ2v) is 5.28. The van der Waals surface area contributed by atoms with Crippen LogP contribution in [0.4, 0.5) is 4.39 Å². The van der Waals surface area contributed by atoms with Crippen LogP contribution in [-0.4, -0.2) is 20.7 Å². The number of benzene rings is 2. The van der Waals surface area contributed by atoms with Gasteiger partial charge in [-0.2, -0.15) is 0 Å². The highest BCUT2D eigenvalue weighted by atomic mass is 19.1. The lowest BCUT2D eigenvalue weighted by Crippen LogP contribution is -2.17. The van der Waals surface area contributed by atoms with Crippen LogP contribution < -0.4 is 15.4 Å². The monoisotopic (exact) mass is 302 g/mol. The fourth-order valence-corrected chi connectivity index (χ4v) is 2.42. The van der Waals surface area contributed by atoms with Gasteiger partial charge in [0.1, 0.15) is 11.6 Å². The topological polar surface area (TPSA) is 33.3 Å². The molecule has 4 heteroatoms. The smallest absolute Gasteiger partial charge is 0.123 e. The van der Waals surface area contributed by atoms with Gasteiger partial charge in [-0.05, 0) is 61.0 Å². The summed E-state index contributed by atoms with van der Waals surface area (Å²) in [6.07, 6.45) is 0.804. The Balaban J connectivity index is 1.83. The van der Waals surface area contributed by atoms with Crippen LogP contribution in [0.5, 0.6) is 5.75 Å². The van der Waals surface area contributed by atoms with Gasteiger partial charge in [0.15, 0.2) is 0 Å². The predicted octanol–water partition coefficient (Wildman–Crippen LogP) is 2.89. The van der Waals surface area contributed by atoms with E-state index in [1.54, 1.807) is 19.2 Å². The maximum atomic E-state index is 13.5. The Hall–Kier alpha value is -1.91. The number of nitrogens with one attached hydrogen (secondary N) is 2. The largest absolute Gasteiger partial charge is 0.497 e. The minimum Gasteiger partial charge on any atom is -0.497 e. The summed E-state index contributed by atoms with van der Waals surface area (Å²) in [6.45, 7) is 2.26. The molecule has 0 aliphatic heterocycles. The van der Waals surface area contributed by atoms with E-state index in [4.69, 9.17) is 4.74 Å². The van der Waals surface area contributed by atoms with Crippen molar-refractivity contribution in [2.24, 2.45) is 0 Å². The summed E-state index contributed by atoms with van der Waals surface area (Å²) in [5.41, 5.74) is 3.17. The third kappa shape index (κ3) is 5.13. The van der Waals surface area contributed by atoms with E-state index < -0.39 is 0 Å². The molecule has 0 fully saturated rings. The van der Waals surface area contributed by atoms with Gasteiger partial charge in [0, 0.05) is 13.1 Å². The molecule has 2 aromatic rings. The first-order valence-corrected chi connectivity index (χ1v) is 7.48. The molecule has 0 unspecified atom stereocenters. The van der Waals surface area contributed by atoms with Gasteiger partial charge in [0.2, 0.25) is 0 Å². The molecule has 0 aromatic heterocycles. The molecule has 118 valence electrons. The zero-order valence-corrected chi connectivity index (χ0v) is 13.2. The molecular weight excluding hydrogens is 279 g/mol. The van der Waals surface area contributed by atoms with E-state index in [1.165, 1.54) is 5.56 Å². The first-order chi connectivity index (χ1) is 10.7. The summed E-state index contributed by atoms with van der Waals surface area (Å²) >= 11 is 0. The Bertz CT molecular complexity index is 601. The summed E-state index contributed by atoms with van der Waals surface area (Å²) in [4.78, 5) is 0. The van der Waals surface area contributed by atoms with Crippen LogP contribution >= 0.6 is 0 Å². The standard InChI is InChI=1S/C18H23FN2O/c1-20-12-16-8-14(9-17(19)10-16)6-7-21-13-15-4-3-5-18(11-15)22-2/h3-5,8-11,20-21H,6-7,12-13H2,1-2H3. The second-order valence-electron chi connectivity index (χ2n) is 5.28. The zero-order chi connectivity index (χ0) is 15.8. The van der Waals surface area contributed by atoms with E-state index in [9.17, 15) is 4.39 Å². The Morgan fingerprint density at radius 1 is 1.00 bits per heavy atom. The van der Waals surface area contributed by atoms with Crippen molar-refractivity contribution in [3.05, 3.63) is 65.0 Å². The highest BCUT2D eigenvalue weighted by Crippen LogP contribution is 2.12.